The minimum absolute atomic E-state index is 0.120. The predicted octanol–water partition coefficient (Wildman–Crippen LogP) is 1.56. The third-order valence-corrected chi connectivity index (χ3v) is 4.34. The van der Waals surface area contributed by atoms with E-state index in [1.807, 2.05) is 11.6 Å². The molecule has 0 aliphatic heterocycles. The summed E-state index contributed by atoms with van der Waals surface area (Å²) in [4.78, 5) is 16.1. The normalized spacial score (nSPS) is 26.6. The summed E-state index contributed by atoms with van der Waals surface area (Å²) in [6.45, 7) is 4.10. The summed E-state index contributed by atoms with van der Waals surface area (Å²) in [6, 6.07) is 0.120. The molecule has 1 aliphatic rings. The van der Waals surface area contributed by atoms with Gasteiger partial charge < -0.3 is 10.4 Å². The van der Waals surface area contributed by atoms with Crippen molar-refractivity contribution in [3.05, 3.63) is 11.6 Å². The average molecular weight is 280 g/mol. The molecule has 2 rings (SSSR count). The van der Waals surface area contributed by atoms with Gasteiger partial charge in [0.1, 0.15) is 11.4 Å². The summed E-state index contributed by atoms with van der Waals surface area (Å²) in [6.07, 6.45) is 4.73. The van der Waals surface area contributed by atoms with E-state index >= 15 is 0 Å². The SMILES string of the molecule is CCc1nc(CC)n(C2CCCC(NC)(C(=O)O)C2)n1. The highest BCUT2D eigenvalue weighted by molar-refractivity contribution is 5.79. The molecule has 1 aromatic rings. The zero-order valence-electron chi connectivity index (χ0n) is 12.5. The van der Waals surface area contributed by atoms with Crippen molar-refractivity contribution in [1.82, 2.24) is 20.1 Å². The third-order valence-electron chi connectivity index (χ3n) is 4.34. The Morgan fingerprint density at radius 3 is 2.80 bits per heavy atom. The Morgan fingerprint density at radius 1 is 1.50 bits per heavy atom. The molecular formula is C14H24N4O2. The number of aryl methyl sites for hydroxylation is 2. The van der Waals surface area contributed by atoms with E-state index in [0.29, 0.717) is 12.8 Å². The number of likely N-dealkylation sites (N-methyl/N-ethyl adjacent to an activating group) is 1. The van der Waals surface area contributed by atoms with Crippen molar-refractivity contribution >= 4 is 5.97 Å². The number of aromatic nitrogens is 3. The smallest absolute Gasteiger partial charge is 0.323 e. The van der Waals surface area contributed by atoms with Gasteiger partial charge in [-0.05, 0) is 32.7 Å². The monoisotopic (exact) mass is 280 g/mol. The standard InChI is InChI=1S/C14H24N4O2/c1-4-11-16-12(5-2)18(17-11)10-7-6-8-14(9-10,15-3)13(19)20/h10,15H,4-9H2,1-3H3,(H,19,20). The highest BCUT2D eigenvalue weighted by Gasteiger charge is 2.42. The highest BCUT2D eigenvalue weighted by Crippen LogP contribution is 2.35. The lowest BCUT2D eigenvalue weighted by atomic mass is 9.79. The Kier molecular flexibility index (Phi) is 4.42. The molecule has 0 spiro atoms. The number of aliphatic carboxylic acids is 1. The van der Waals surface area contributed by atoms with Crippen LogP contribution in [0.3, 0.4) is 0 Å². The van der Waals surface area contributed by atoms with E-state index < -0.39 is 11.5 Å². The van der Waals surface area contributed by atoms with Crippen LogP contribution in [-0.4, -0.2) is 38.4 Å². The van der Waals surface area contributed by atoms with Gasteiger partial charge in [-0.2, -0.15) is 5.10 Å². The number of nitrogens with zero attached hydrogens (tertiary/aromatic N) is 3. The van der Waals surface area contributed by atoms with Crippen LogP contribution in [0.2, 0.25) is 0 Å². The predicted molar refractivity (Wildman–Crippen MR) is 75.7 cm³/mol. The largest absolute Gasteiger partial charge is 0.480 e. The summed E-state index contributed by atoms with van der Waals surface area (Å²) < 4.78 is 1.97. The Bertz CT molecular complexity index is 486. The fourth-order valence-corrected chi connectivity index (χ4v) is 3.07. The molecule has 1 aromatic heterocycles. The van der Waals surface area contributed by atoms with Crippen LogP contribution in [0.15, 0.2) is 0 Å². The first kappa shape index (κ1) is 15.0. The van der Waals surface area contributed by atoms with Crippen molar-refractivity contribution in [2.45, 2.75) is 64.0 Å². The van der Waals surface area contributed by atoms with Gasteiger partial charge in [-0.1, -0.05) is 13.8 Å². The van der Waals surface area contributed by atoms with Crippen molar-refractivity contribution in [1.29, 1.82) is 0 Å². The summed E-state index contributed by atoms with van der Waals surface area (Å²) in [7, 11) is 1.73. The molecule has 20 heavy (non-hydrogen) atoms. The van der Waals surface area contributed by atoms with Crippen LogP contribution >= 0.6 is 0 Å². The zero-order valence-corrected chi connectivity index (χ0v) is 12.5. The van der Waals surface area contributed by atoms with E-state index in [9.17, 15) is 9.90 Å². The third kappa shape index (κ3) is 2.57. The van der Waals surface area contributed by atoms with Crippen molar-refractivity contribution in [2.75, 3.05) is 7.05 Å². The molecule has 2 unspecified atom stereocenters. The number of carboxylic acid groups (broad SMARTS) is 1. The van der Waals surface area contributed by atoms with Gasteiger partial charge in [-0.15, -0.1) is 0 Å². The topological polar surface area (TPSA) is 80.0 Å². The van der Waals surface area contributed by atoms with E-state index in [0.717, 1.165) is 37.3 Å². The van der Waals surface area contributed by atoms with Crippen LogP contribution in [0.25, 0.3) is 0 Å². The van der Waals surface area contributed by atoms with Gasteiger partial charge in [-0.3, -0.25) is 4.79 Å². The number of hydrogen-bond acceptors (Lipinski definition) is 4. The van der Waals surface area contributed by atoms with Gasteiger partial charge in [0.25, 0.3) is 0 Å². The number of nitrogens with one attached hydrogen (secondary N) is 1. The van der Waals surface area contributed by atoms with Gasteiger partial charge in [0.05, 0.1) is 6.04 Å². The first-order valence-corrected chi connectivity index (χ1v) is 7.43. The van der Waals surface area contributed by atoms with Crippen molar-refractivity contribution < 1.29 is 9.90 Å². The minimum Gasteiger partial charge on any atom is -0.480 e. The molecule has 6 heteroatoms. The van der Waals surface area contributed by atoms with E-state index in [4.69, 9.17) is 0 Å². The summed E-state index contributed by atoms with van der Waals surface area (Å²) in [5.41, 5.74) is -0.827. The van der Waals surface area contributed by atoms with Crippen LogP contribution in [0.1, 0.15) is 57.2 Å². The molecule has 0 bridgehead atoms. The molecule has 112 valence electrons. The molecule has 0 radical (unpaired) electrons. The maximum Gasteiger partial charge on any atom is 0.323 e. The van der Waals surface area contributed by atoms with Gasteiger partial charge in [0.15, 0.2) is 5.82 Å². The van der Waals surface area contributed by atoms with Gasteiger partial charge in [0, 0.05) is 12.8 Å². The quantitative estimate of drug-likeness (QED) is 0.855. The Labute approximate surface area is 119 Å². The first-order chi connectivity index (χ1) is 9.56. The van der Waals surface area contributed by atoms with Crippen LogP contribution in [-0.2, 0) is 17.6 Å². The second kappa shape index (κ2) is 5.91. The van der Waals surface area contributed by atoms with Crippen LogP contribution in [0, 0.1) is 0 Å². The summed E-state index contributed by atoms with van der Waals surface area (Å²) in [5.74, 6) is 1.04. The van der Waals surface area contributed by atoms with Gasteiger partial charge >= 0.3 is 5.97 Å². The first-order valence-electron chi connectivity index (χ1n) is 7.43. The van der Waals surface area contributed by atoms with Crippen LogP contribution < -0.4 is 5.32 Å². The molecule has 2 atom stereocenters. The molecule has 1 fully saturated rings. The Balaban J connectivity index is 2.28. The molecule has 0 aromatic carbocycles. The van der Waals surface area contributed by atoms with Crippen molar-refractivity contribution in [3.8, 4) is 0 Å². The lowest BCUT2D eigenvalue weighted by Crippen LogP contribution is -2.53. The Morgan fingerprint density at radius 2 is 2.25 bits per heavy atom. The van der Waals surface area contributed by atoms with E-state index in [-0.39, 0.29) is 6.04 Å². The molecule has 6 nitrogen and oxygen atoms in total. The zero-order chi connectivity index (χ0) is 14.8. The number of rotatable bonds is 5. The second-order valence-corrected chi connectivity index (χ2v) is 5.48. The van der Waals surface area contributed by atoms with Crippen molar-refractivity contribution in [2.24, 2.45) is 0 Å². The maximum atomic E-state index is 11.6. The van der Waals surface area contributed by atoms with E-state index in [1.54, 1.807) is 7.05 Å². The lowest BCUT2D eigenvalue weighted by Gasteiger charge is -2.37. The fourth-order valence-electron chi connectivity index (χ4n) is 3.07. The fraction of sp³-hybridized carbons (Fsp3) is 0.786. The molecular weight excluding hydrogens is 256 g/mol. The summed E-state index contributed by atoms with van der Waals surface area (Å²) in [5, 5.41) is 17.1. The number of hydrogen-bond donors (Lipinski definition) is 2. The number of carbonyl (C=O) groups is 1. The molecule has 1 aliphatic carbocycles. The molecule has 2 N–H and O–H groups in total. The number of carboxylic acids is 1. The van der Waals surface area contributed by atoms with Crippen LogP contribution in [0.5, 0.6) is 0 Å². The lowest BCUT2D eigenvalue weighted by molar-refractivity contribution is -0.146. The maximum absolute atomic E-state index is 11.6. The minimum atomic E-state index is -0.827. The average Bonchev–Trinajstić information content (AvgIpc) is 2.90. The van der Waals surface area contributed by atoms with E-state index in [1.165, 1.54) is 0 Å². The molecule has 1 heterocycles. The van der Waals surface area contributed by atoms with Crippen LogP contribution in [0.4, 0.5) is 0 Å². The molecule has 0 amide bonds. The van der Waals surface area contributed by atoms with Crippen molar-refractivity contribution in [3.63, 3.8) is 0 Å². The molecule has 0 saturated heterocycles. The van der Waals surface area contributed by atoms with E-state index in [2.05, 4.69) is 22.3 Å². The highest BCUT2D eigenvalue weighted by atomic mass is 16.4. The summed E-state index contributed by atoms with van der Waals surface area (Å²) >= 11 is 0. The van der Waals surface area contributed by atoms with Gasteiger partial charge in [0.2, 0.25) is 0 Å². The van der Waals surface area contributed by atoms with Gasteiger partial charge in [-0.25, -0.2) is 9.67 Å². The molecule has 1 saturated carbocycles. The second-order valence-electron chi connectivity index (χ2n) is 5.48. The Hall–Kier alpha value is -1.43.